The molecule has 2 rings (SSSR count). The molecule has 1 aliphatic heterocycles. The minimum atomic E-state index is -0.124. The molecule has 24 heavy (non-hydrogen) atoms. The molecule has 1 aliphatic rings. The summed E-state index contributed by atoms with van der Waals surface area (Å²) in [4.78, 5) is 14.7. The fourth-order valence-corrected chi connectivity index (χ4v) is 3.42. The third kappa shape index (κ3) is 5.76. The standard InChI is InChI=1S/C18H28BrN3O2/c1-13(2)17(22-7-9-24-10-8-22)12-20-18(23)21-14(3)15-5-4-6-16(19)11-15/h4-6,11,13-14,17H,7-10,12H2,1-3H3,(H2,20,21,23). The number of ether oxygens (including phenoxy) is 1. The van der Waals surface area contributed by atoms with E-state index in [-0.39, 0.29) is 12.1 Å². The fraction of sp³-hybridized carbons (Fsp3) is 0.611. The molecular formula is C18H28BrN3O2. The van der Waals surface area contributed by atoms with Gasteiger partial charge < -0.3 is 15.4 Å². The Kier molecular flexibility index (Phi) is 7.52. The van der Waals surface area contributed by atoms with Crippen LogP contribution >= 0.6 is 15.9 Å². The summed E-state index contributed by atoms with van der Waals surface area (Å²) in [5.74, 6) is 0.478. The van der Waals surface area contributed by atoms with Crippen LogP contribution in [-0.2, 0) is 4.74 Å². The zero-order chi connectivity index (χ0) is 17.5. The molecule has 0 spiro atoms. The van der Waals surface area contributed by atoms with Crippen molar-refractivity contribution in [2.45, 2.75) is 32.9 Å². The maximum Gasteiger partial charge on any atom is 0.315 e. The summed E-state index contributed by atoms with van der Waals surface area (Å²) in [6, 6.07) is 8.16. The van der Waals surface area contributed by atoms with Gasteiger partial charge in [-0.1, -0.05) is 41.9 Å². The average molecular weight is 398 g/mol. The van der Waals surface area contributed by atoms with Crippen LogP contribution in [0.15, 0.2) is 28.7 Å². The predicted molar refractivity (Wildman–Crippen MR) is 100 cm³/mol. The summed E-state index contributed by atoms with van der Waals surface area (Å²) in [6.07, 6.45) is 0. The molecule has 1 aromatic rings. The van der Waals surface area contributed by atoms with Crippen molar-refractivity contribution >= 4 is 22.0 Å². The summed E-state index contributed by atoms with van der Waals surface area (Å²) < 4.78 is 6.44. The number of halogens is 1. The van der Waals surface area contributed by atoms with Crippen molar-refractivity contribution in [2.24, 2.45) is 5.92 Å². The number of carbonyl (C=O) groups is 1. The maximum absolute atomic E-state index is 12.2. The van der Waals surface area contributed by atoms with Gasteiger partial charge in [0.1, 0.15) is 0 Å². The highest BCUT2D eigenvalue weighted by Crippen LogP contribution is 2.17. The Morgan fingerprint density at radius 2 is 2.00 bits per heavy atom. The lowest BCUT2D eigenvalue weighted by atomic mass is 10.0. The van der Waals surface area contributed by atoms with E-state index in [1.54, 1.807) is 0 Å². The number of urea groups is 1. The number of hydrogen-bond donors (Lipinski definition) is 2. The molecule has 1 fully saturated rings. The van der Waals surface area contributed by atoms with E-state index >= 15 is 0 Å². The minimum Gasteiger partial charge on any atom is -0.379 e. The van der Waals surface area contributed by atoms with Crippen LogP contribution in [0, 0.1) is 5.92 Å². The number of amides is 2. The second-order valence-corrected chi connectivity index (χ2v) is 7.51. The van der Waals surface area contributed by atoms with Crippen molar-refractivity contribution in [3.05, 3.63) is 34.3 Å². The van der Waals surface area contributed by atoms with Gasteiger partial charge in [0.2, 0.25) is 0 Å². The van der Waals surface area contributed by atoms with E-state index in [1.165, 1.54) is 0 Å². The summed E-state index contributed by atoms with van der Waals surface area (Å²) in [7, 11) is 0. The third-order valence-corrected chi connectivity index (χ3v) is 4.95. The number of carbonyl (C=O) groups excluding carboxylic acids is 1. The maximum atomic E-state index is 12.2. The molecule has 2 unspecified atom stereocenters. The first kappa shape index (κ1) is 19.2. The summed E-state index contributed by atoms with van der Waals surface area (Å²) >= 11 is 3.46. The number of rotatable bonds is 6. The van der Waals surface area contributed by atoms with Gasteiger partial charge in [0.25, 0.3) is 0 Å². The van der Waals surface area contributed by atoms with E-state index in [1.807, 2.05) is 31.2 Å². The molecule has 0 saturated carbocycles. The van der Waals surface area contributed by atoms with Gasteiger partial charge >= 0.3 is 6.03 Å². The topological polar surface area (TPSA) is 53.6 Å². The molecule has 1 aromatic carbocycles. The van der Waals surface area contributed by atoms with Gasteiger partial charge in [-0.05, 0) is 30.5 Å². The molecular weight excluding hydrogens is 370 g/mol. The second kappa shape index (κ2) is 9.39. The normalized spacial score (nSPS) is 18.2. The molecule has 0 aromatic heterocycles. The van der Waals surface area contributed by atoms with Crippen LogP contribution in [0.25, 0.3) is 0 Å². The van der Waals surface area contributed by atoms with Crippen molar-refractivity contribution in [1.29, 1.82) is 0 Å². The summed E-state index contributed by atoms with van der Waals surface area (Å²) in [6.45, 7) is 10.4. The van der Waals surface area contributed by atoms with E-state index in [4.69, 9.17) is 4.74 Å². The SMILES string of the molecule is CC(NC(=O)NCC(C(C)C)N1CCOCC1)c1cccc(Br)c1. The minimum absolute atomic E-state index is 0.0385. The number of nitrogens with zero attached hydrogens (tertiary/aromatic N) is 1. The Morgan fingerprint density at radius 1 is 1.29 bits per heavy atom. The lowest BCUT2D eigenvalue weighted by Crippen LogP contribution is -2.52. The molecule has 6 heteroatoms. The molecule has 0 bridgehead atoms. The lowest BCUT2D eigenvalue weighted by Gasteiger charge is -2.37. The van der Waals surface area contributed by atoms with Crippen LogP contribution in [-0.4, -0.2) is 49.8 Å². The molecule has 1 saturated heterocycles. The average Bonchev–Trinajstić information content (AvgIpc) is 2.55. The summed E-state index contributed by atoms with van der Waals surface area (Å²) in [5, 5.41) is 6.04. The largest absolute Gasteiger partial charge is 0.379 e. The first-order valence-electron chi connectivity index (χ1n) is 8.59. The Balaban J connectivity index is 1.84. The first-order chi connectivity index (χ1) is 11.5. The van der Waals surface area contributed by atoms with Crippen LogP contribution in [0.4, 0.5) is 4.79 Å². The Bertz CT molecular complexity index is 533. The quantitative estimate of drug-likeness (QED) is 0.774. The van der Waals surface area contributed by atoms with Crippen LogP contribution in [0.1, 0.15) is 32.4 Å². The highest BCUT2D eigenvalue weighted by atomic mass is 79.9. The van der Waals surface area contributed by atoms with Crippen LogP contribution < -0.4 is 10.6 Å². The number of morpholine rings is 1. The van der Waals surface area contributed by atoms with Crippen molar-refractivity contribution in [1.82, 2.24) is 15.5 Å². The zero-order valence-corrected chi connectivity index (χ0v) is 16.3. The molecule has 0 radical (unpaired) electrons. The van der Waals surface area contributed by atoms with E-state index < -0.39 is 0 Å². The van der Waals surface area contributed by atoms with Crippen LogP contribution in [0.5, 0.6) is 0 Å². The van der Waals surface area contributed by atoms with E-state index in [2.05, 4.69) is 45.3 Å². The van der Waals surface area contributed by atoms with Gasteiger partial charge in [-0.2, -0.15) is 0 Å². The van der Waals surface area contributed by atoms with Crippen LogP contribution in [0.3, 0.4) is 0 Å². The zero-order valence-electron chi connectivity index (χ0n) is 14.7. The highest BCUT2D eigenvalue weighted by Gasteiger charge is 2.24. The fourth-order valence-electron chi connectivity index (χ4n) is 3.00. The van der Waals surface area contributed by atoms with Crippen LogP contribution in [0.2, 0.25) is 0 Å². The molecule has 2 amide bonds. The molecule has 1 heterocycles. The monoisotopic (exact) mass is 397 g/mol. The molecule has 2 atom stereocenters. The second-order valence-electron chi connectivity index (χ2n) is 6.59. The van der Waals surface area contributed by atoms with Gasteiger partial charge in [-0.15, -0.1) is 0 Å². The smallest absolute Gasteiger partial charge is 0.315 e. The molecule has 2 N–H and O–H groups in total. The number of hydrogen-bond acceptors (Lipinski definition) is 3. The van der Waals surface area contributed by atoms with Gasteiger partial charge in [-0.25, -0.2) is 4.79 Å². The van der Waals surface area contributed by atoms with Gasteiger partial charge in [-0.3, -0.25) is 4.90 Å². The van der Waals surface area contributed by atoms with E-state index in [9.17, 15) is 4.79 Å². The van der Waals surface area contributed by atoms with E-state index in [0.717, 1.165) is 36.3 Å². The number of nitrogens with one attached hydrogen (secondary N) is 2. The van der Waals surface area contributed by atoms with Gasteiger partial charge in [0.05, 0.1) is 19.3 Å². The highest BCUT2D eigenvalue weighted by molar-refractivity contribution is 9.10. The molecule has 5 nitrogen and oxygen atoms in total. The first-order valence-corrected chi connectivity index (χ1v) is 9.38. The molecule has 0 aliphatic carbocycles. The van der Waals surface area contributed by atoms with Crippen molar-refractivity contribution < 1.29 is 9.53 Å². The van der Waals surface area contributed by atoms with E-state index in [0.29, 0.717) is 18.5 Å². The van der Waals surface area contributed by atoms with Crippen molar-refractivity contribution in [2.75, 3.05) is 32.8 Å². The predicted octanol–water partition coefficient (Wildman–Crippen LogP) is 3.17. The lowest BCUT2D eigenvalue weighted by molar-refractivity contribution is 0.00718. The van der Waals surface area contributed by atoms with Gasteiger partial charge in [0.15, 0.2) is 0 Å². The number of benzene rings is 1. The van der Waals surface area contributed by atoms with Crippen molar-refractivity contribution in [3.63, 3.8) is 0 Å². The Labute approximate surface area is 153 Å². The van der Waals surface area contributed by atoms with Crippen molar-refractivity contribution in [3.8, 4) is 0 Å². The summed E-state index contributed by atoms with van der Waals surface area (Å²) in [5.41, 5.74) is 1.08. The van der Waals surface area contributed by atoms with Gasteiger partial charge in [0, 0.05) is 30.1 Å². The Hall–Kier alpha value is -1.11. The molecule has 134 valence electrons. The third-order valence-electron chi connectivity index (χ3n) is 4.45. The Morgan fingerprint density at radius 3 is 2.62 bits per heavy atom.